The number of rotatable bonds is 2. The Hall–Kier alpha value is -1.81. The van der Waals surface area contributed by atoms with Crippen molar-refractivity contribution in [3.05, 3.63) is 57.6 Å². The summed E-state index contributed by atoms with van der Waals surface area (Å²) in [6.07, 6.45) is 0. The van der Waals surface area contributed by atoms with Crippen LogP contribution >= 0.6 is 15.9 Å². The number of aromatic hydroxyl groups is 1. The van der Waals surface area contributed by atoms with Gasteiger partial charge in [0.25, 0.3) is 5.91 Å². The molecule has 0 spiro atoms. The minimum atomic E-state index is -0.317. The van der Waals surface area contributed by atoms with Crippen molar-refractivity contribution in [1.82, 2.24) is 0 Å². The number of carbonyl (C=O) groups is 1. The standard InChI is InChI=1S/C15H14BrNO2/c1-9-3-5-12(14(18)7-9)15(19)17-13-6-4-11(16)8-10(13)2/h3-8,18H,1-2H3,(H,17,19). The predicted octanol–water partition coefficient (Wildman–Crippen LogP) is 4.02. The highest BCUT2D eigenvalue weighted by atomic mass is 79.9. The third-order valence-corrected chi connectivity index (χ3v) is 3.33. The van der Waals surface area contributed by atoms with Gasteiger partial charge in [-0.1, -0.05) is 22.0 Å². The lowest BCUT2D eigenvalue weighted by Gasteiger charge is -2.10. The fraction of sp³-hybridized carbons (Fsp3) is 0.133. The normalized spacial score (nSPS) is 10.3. The lowest BCUT2D eigenvalue weighted by atomic mass is 10.1. The van der Waals surface area contributed by atoms with Gasteiger partial charge in [0.2, 0.25) is 0 Å². The number of phenolic OH excluding ortho intramolecular Hbond substituents is 1. The molecule has 1 amide bonds. The van der Waals surface area contributed by atoms with Crippen LogP contribution in [0, 0.1) is 13.8 Å². The summed E-state index contributed by atoms with van der Waals surface area (Å²) in [6.45, 7) is 3.77. The van der Waals surface area contributed by atoms with Crippen molar-refractivity contribution in [3.8, 4) is 5.75 Å². The minimum Gasteiger partial charge on any atom is -0.507 e. The molecule has 0 aromatic heterocycles. The van der Waals surface area contributed by atoms with Gasteiger partial charge in [-0.05, 0) is 55.3 Å². The number of aryl methyl sites for hydroxylation is 2. The van der Waals surface area contributed by atoms with E-state index in [1.54, 1.807) is 18.2 Å². The number of anilines is 1. The molecule has 2 aromatic carbocycles. The van der Waals surface area contributed by atoms with E-state index < -0.39 is 0 Å². The number of halogens is 1. The Labute approximate surface area is 120 Å². The van der Waals surface area contributed by atoms with Crippen LogP contribution in [0.25, 0.3) is 0 Å². The first kappa shape index (κ1) is 13.6. The monoisotopic (exact) mass is 319 g/mol. The van der Waals surface area contributed by atoms with Crippen LogP contribution < -0.4 is 5.32 Å². The van der Waals surface area contributed by atoms with E-state index in [9.17, 15) is 9.90 Å². The molecule has 2 rings (SSSR count). The Kier molecular flexibility index (Phi) is 3.90. The van der Waals surface area contributed by atoms with Crippen LogP contribution in [-0.4, -0.2) is 11.0 Å². The van der Waals surface area contributed by atoms with Crippen LogP contribution in [0.5, 0.6) is 5.75 Å². The molecule has 0 atom stereocenters. The van der Waals surface area contributed by atoms with E-state index in [1.165, 1.54) is 0 Å². The number of benzene rings is 2. The molecule has 19 heavy (non-hydrogen) atoms. The van der Waals surface area contributed by atoms with Gasteiger partial charge in [0.15, 0.2) is 0 Å². The fourth-order valence-electron chi connectivity index (χ4n) is 1.79. The van der Waals surface area contributed by atoms with Crippen molar-refractivity contribution >= 4 is 27.5 Å². The van der Waals surface area contributed by atoms with Crippen LogP contribution in [0.2, 0.25) is 0 Å². The minimum absolute atomic E-state index is 0.00716. The summed E-state index contributed by atoms with van der Waals surface area (Å²) in [5, 5.41) is 12.6. The summed E-state index contributed by atoms with van der Waals surface area (Å²) in [5.74, 6) is -0.324. The van der Waals surface area contributed by atoms with Crippen molar-refractivity contribution in [1.29, 1.82) is 0 Å². The molecule has 2 N–H and O–H groups in total. The molecule has 0 radical (unpaired) electrons. The average Bonchev–Trinajstić information content (AvgIpc) is 2.32. The van der Waals surface area contributed by atoms with E-state index >= 15 is 0 Å². The SMILES string of the molecule is Cc1ccc(C(=O)Nc2ccc(Br)cc2C)c(O)c1. The maximum Gasteiger partial charge on any atom is 0.259 e. The average molecular weight is 320 g/mol. The highest BCUT2D eigenvalue weighted by Crippen LogP contribution is 2.23. The number of carbonyl (C=O) groups excluding carboxylic acids is 1. The van der Waals surface area contributed by atoms with E-state index in [0.29, 0.717) is 0 Å². The summed E-state index contributed by atoms with van der Waals surface area (Å²) in [6, 6.07) is 10.6. The zero-order valence-corrected chi connectivity index (χ0v) is 12.3. The Morgan fingerprint density at radius 1 is 1.16 bits per heavy atom. The van der Waals surface area contributed by atoms with E-state index in [0.717, 1.165) is 21.3 Å². The van der Waals surface area contributed by atoms with Crippen LogP contribution in [0.4, 0.5) is 5.69 Å². The summed E-state index contributed by atoms with van der Waals surface area (Å²) in [5.41, 5.74) is 2.87. The van der Waals surface area contributed by atoms with Gasteiger partial charge in [-0.15, -0.1) is 0 Å². The van der Waals surface area contributed by atoms with E-state index in [1.807, 2.05) is 32.0 Å². The third-order valence-electron chi connectivity index (χ3n) is 2.83. The second-order valence-corrected chi connectivity index (χ2v) is 5.35. The largest absolute Gasteiger partial charge is 0.507 e. The maximum atomic E-state index is 12.1. The smallest absolute Gasteiger partial charge is 0.259 e. The summed E-state index contributed by atoms with van der Waals surface area (Å²) >= 11 is 3.37. The second-order valence-electron chi connectivity index (χ2n) is 4.43. The van der Waals surface area contributed by atoms with Gasteiger partial charge < -0.3 is 10.4 Å². The number of hydrogen-bond donors (Lipinski definition) is 2. The van der Waals surface area contributed by atoms with Crippen LogP contribution in [0.15, 0.2) is 40.9 Å². The van der Waals surface area contributed by atoms with Crippen molar-refractivity contribution < 1.29 is 9.90 Å². The van der Waals surface area contributed by atoms with Crippen molar-refractivity contribution in [2.45, 2.75) is 13.8 Å². The number of phenols is 1. The molecule has 0 aliphatic rings. The van der Waals surface area contributed by atoms with Crippen molar-refractivity contribution in [3.63, 3.8) is 0 Å². The molecule has 0 saturated heterocycles. The molecule has 0 unspecified atom stereocenters. The molecular weight excluding hydrogens is 306 g/mol. The molecule has 0 bridgehead atoms. The molecule has 0 fully saturated rings. The number of amides is 1. The first-order chi connectivity index (χ1) is 8.97. The van der Waals surface area contributed by atoms with Gasteiger partial charge >= 0.3 is 0 Å². The zero-order chi connectivity index (χ0) is 14.0. The quantitative estimate of drug-likeness (QED) is 0.878. The van der Waals surface area contributed by atoms with Gasteiger partial charge in [0.1, 0.15) is 5.75 Å². The molecule has 98 valence electrons. The van der Waals surface area contributed by atoms with Crippen molar-refractivity contribution in [2.24, 2.45) is 0 Å². The summed E-state index contributed by atoms with van der Waals surface area (Å²) in [7, 11) is 0. The Morgan fingerprint density at radius 3 is 2.53 bits per heavy atom. The molecule has 0 saturated carbocycles. The van der Waals surface area contributed by atoms with E-state index in [4.69, 9.17) is 0 Å². The molecule has 0 heterocycles. The first-order valence-corrected chi connectivity index (χ1v) is 6.64. The Morgan fingerprint density at radius 2 is 1.89 bits per heavy atom. The van der Waals surface area contributed by atoms with E-state index in [2.05, 4.69) is 21.2 Å². The molecule has 3 nitrogen and oxygen atoms in total. The van der Waals surface area contributed by atoms with Gasteiger partial charge in [0, 0.05) is 10.2 Å². The van der Waals surface area contributed by atoms with Crippen LogP contribution in [0.3, 0.4) is 0 Å². The van der Waals surface area contributed by atoms with Gasteiger partial charge in [-0.25, -0.2) is 0 Å². The molecule has 0 aliphatic carbocycles. The van der Waals surface area contributed by atoms with E-state index in [-0.39, 0.29) is 17.2 Å². The van der Waals surface area contributed by atoms with Gasteiger partial charge in [-0.2, -0.15) is 0 Å². The maximum absolute atomic E-state index is 12.1. The highest BCUT2D eigenvalue weighted by molar-refractivity contribution is 9.10. The molecule has 2 aromatic rings. The number of hydrogen-bond acceptors (Lipinski definition) is 2. The van der Waals surface area contributed by atoms with Gasteiger partial charge in [0.05, 0.1) is 5.56 Å². The predicted molar refractivity (Wildman–Crippen MR) is 79.7 cm³/mol. The third kappa shape index (κ3) is 3.15. The first-order valence-electron chi connectivity index (χ1n) is 5.84. The topological polar surface area (TPSA) is 49.3 Å². The van der Waals surface area contributed by atoms with Crippen LogP contribution in [-0.2, 0) is 0 Å². The highest BCUT2D eigenvalue weighted by Gasteiger charge is 2.12. The number of nitrogens with one attached hydrogen (secondary N) is 1. The lowest BCUT2D eigenvalue weighted by Crippen LogP contribution is -2.13. The zero-order valence-electron chi connectivity index (χ0n) is 10.7. The molecule has 4 heteroatoms. The lowest BCUT2D eigenvalue weighted by molar-refractivity contribution is 0.102. The Bertz CT molecular complexity index is 638. The molecule has 0 aliphatic heterocycles. The fourth-order valence-corrected chi connectivity index (χ4v) is 2.27. The second kappa shape index (κ2) is 5.45. The van der Waals surface area contributed by atoms with Gasteiger partial charge in [-0.3, -0.25) is 4.79 Å². The Balaban J connectivity index is 2.25. The van der Waals surface area contributed by atoms with Crippen molar-refractivity contribution in [2.75, 3.05) is 5.32 Å². The summed E-state index contributed by atoms with van der Waals surface area (Å²) in [4.78, 5) is 12.1. The summed E-state index contributed by atoms with van der Waals surface area (Å²) < 4.78 is 0.959. The molecular formula is C15H14BrNO2. The van der Waals surface area contributed by atoms with Crippen LogP contribution in [0.1, 0.15) is 21.5 Å².